The number of carbonyl (C=O) groups is 2. The summed E-state index contributed by atoms with van der Waals surface area (Å²) in [6.45, 7) is 5.77. The highest BCUT2D eigenvalue weighted by atomic mass is 16.5. The van der Waals surface area contributed by atoms with Gasteiger partial charge in [0.15, 0.2) is 11.5 Å². The molecule has 2 rings (SSSR count). The van der Waals surface area contributed by atoms with E-state index in [0.717, 1.165) is 5.56 Å². The summed E-state index contributed by atoms with van der Waals surface area (Å²) < 4.78 is 10.7. The van der Waals surface area contributed by atoms with Crippen molar-refractivity contribution in [1.29, 1.82) is 0 Å². The molecule has 0 aliphatic rings. The van der Waals surface area contributed by atoms with Gasteiger partial charge in [0.25, 0.3) is 11.8 Å². The Labute approximate surface area is 182 Å². The monoisotopic (exact) mass is 421 g/mol. The van der Waals surface area contributed by atoms with E-state index in [2.05, 4.69) is 21.8 Å². The van der Waals surface area contributed by atoms with Gasteiger partial charge in [0.05, 0.1) is 13.3 Å². The highest BCUT2D eigenvalue weighted by Gasteiger charge is 2.24. The average molecular weight is 421 g/mol. The Morgan fingerprint density at radius 2 is 1.87 bits per heavy atom. The van der Waals surface area contributed by atoms with Crippen LogP contribution in [0.5, 0.6) is 11.5 Å². The number of benzene rings is 2. The molecule has 0 saturated heterocycles. The molecule has 2 aromatic rings. The molecule has 0 heterocycles. The first-order valence-electron chi connectivity index (χ1n) is 9.80. The third kappa shape index (κ3) is 6.89. The minimum atomic E-state index is -0.736. The van der Waals surface area contributed by atoms with E-state index in [1.165, 1.54) is 13.3 Å². The number of hydrazone groups is 1. The van der Waals surface area contributed by atoms with Crippen LogP contribution in [0.3, 0.4) is 0 Å². The predicted molar refractivity (Wildman–Crippen MR) is 120 cm³/mol. The van der Waals surface area contributed by atoms with Crippen molar-refractivity contribution in [3.8, 4) is 23.8 Å². The Hall–Kier alpha value is -3.79. The number of carbonyl (C=O) groups excluding carboxylic acids is 2. The van der Waals surface area contributed by atoms with Crippen LogP contribution in [-0.2, 0) is 4.79 Å². The Balaban J connectivity index is 2.02. The minimum absolute atomic E-state index is 0.128. The Kier molecular flexibility index (Phi) is 8.64. The van der Waals surface area contributed by atoms with Crippen LogP contribution in [0.25, 0.3) is 0 Å². The molecule has 0 aromatic heterocycles. The summed E-state index contributed by atoms with van der Waals surface area (Å²) in [6.07, 6.45) is 6.68. The largest absolute Gasteiger partial charge is 0.493 e. The maximum Gasteiger partial charge on any atom is 0.262 e. The van der Waals surface area contributed by atoms with E-state index in [9.17, 15) is 9.59 Å². The van der Waals surface area contributed by atoms with Crippen LogP contribution in [0.1, 0.15) is 35.3 Å². The van der Waals surface area contributed by atoms with Gasteiger partial charge in [-0.25, -0.2) is 5.43 Å². The molecule has 1 atom stereocenters. The van der Waals surface area contributed by atoms with E-state index >= 15 is 0 Å². The van der Waals surface area contributed by atoms with Gasteiger partial charge in [-0.05, 0) is 48.7 Å². The Morgan fingerprint density at radius 1 is 1.16 bits per heavy atom. The normalized spacial score (nSPS) is 11.6. The first kappa shape index (κ1) is 23.5. The maximum absolute atomic E-state index is 12.6. The van der Waals surface area contributed by atoms with Crippen molar-refractivity contribution in [2.45, 2.75) is 26.8 Å². The molecule has 2 N–H and O–H groups in total. The molecule has 162 valence electrons. The Bertz CT molecular complexity index is 975. The molecule has 0 bridgehead atoms. The fourth-order valence-electron chi connectivity index (χ4n) is 2.71. The smallest absolute Gasteiger partial charge is 0.262 e. The molecule has 0 spiro atoms. The van der Waals surface area contributed by atoms with Gasteiger partial charge in [-0.2, -0.15) is 5.10 Å². The van der Waals surface area contributed by atoms with Gasteiger partial charge in [-0.15, -0.1) is 6.42 Å². The van der Waals surface area contributed by atoms with Gasteiger partial charge in [0.2, 0.25) is 0 Å². The number of rotatable bonds is 9. The maximum atomic E-state index is 12.6. The predicted octanol–water partition coefficient (Wildman–Crippen LogP) is 2.92. The van der Waals surface area contributed by atoms with E-state index in [1.807, 2.05) is 32.9 Å². The third-order valence-corrected chi connectivity index (χ3v) is 4.44. The lowest BCUT2D eigenvalue weighted by Crippen LogP contribution is -2.48. The van der Waals surface area contributed by atoms with Crippen LogP contribution in [0, 0.1) is 25.2 Å². The molecule has 7 nitrogen and oxygen atoms in total. The molecule has 0 aliphatic carbocycles. The van der Waals surface area contributed by atoms with Gasteiger partial charge in [-0.1, -0.05) is 37.5 Å². The number of nitrogens with one attached hydrogen (secondary N) is 2. The number of nitrogens with zero attached hydrogens (tertiary/aromatic N) is 1. The van der Waals surface area contributed by atoms with Crippen LogP contribution < -0.4 is 20.2 Å². The average Bonchev–Trinajstić information content (AvgIpc) is 2.76. The quantitative estimate of drug-likeness (QED) is 0.370. The molecule has 0 fully saturated rings. The first-order chi connectivity index (χ1) is 14.8. The topological polar surface area (TPSA) is 89.0 Å². The zero-order chi connectivity index (χ0) is 22.8. The molecule has 0 aliphatic heterocycles. The highest BCUT2D eigenvalue weighted by Crippen LogP contribution is 2.27. The van der Waals surface area contributed by atoms with Crippen molar-refractivity contribution in [3.05, 3.63) is 59.2 Å². The molecule has 31 heavy (non-hydrogen) atoms. The minimum Gasteiger partial charge on any atom is -0.493 e. The number of terminal acetylenes is 1. The van der Waals surface area contributed by atoms with Crippen molar-refractivity contribution in [3.63, 3.8) is 0 Å². The summed E-state index contributed by atoms with van der Waals surface area (Å²) in [7, 11) is 1.52. The van der Waals surface area contributed by atoms with Crippen molar-refractivity contribution in [1.82, 2.24) is 10.7 Å². The zero-order valence-corrected chi connectivity index (χ0v) is 18.1. The molecule has 2 amide bonds. The molecule has 1 unspecified atom stereocenters. The van der Waals surface area contributed by atoms with Gasteiger partial charge in [-0.3, -0.25) is 9.59 Å². The zero-order valence-electron chi connectivity index (χ0n) is 18.1. The highest BCUT2D eigenvalue weighted by molar-refractivity contribution is 5.97. The number of hydrogen-bond acceptors (Lipinski definition) is 5. The Morgan fingerprint density at radius 3 is 2.48 bits per heavy atom. The van der Waals surface area contributed by atoms with Crippen molar-refractivity contribution < 1.29 is 19.1 Å². The van der Waals surface area contributed by atoms with Gasteiger partial charge < -0.3 is 14.8 Å². The van der Waals surface area contributed by atoms with Gasteiger partial charge in [0.1, 0.15) is 12.6 Å². The summed E-state index contributed by atoms with van der Waals surface area (Å²) in [4.78, 5) is 25.1. The number of amides is 2. The van der Waals surface area contributed by atoms with Crippen molar-refractivity contribution >= 4 is 18.0 Å². The standard InChI is InChI=1S/C24H27N3O4/c1-6-13-31-20-12-9-18(14-21(20)30-5)15-25-27-24(29)22(16(2)3)26-23(28)19-10-7-17(4)8-11-19/h1,7-12,14-16,22H,13H2,2-5H3,(H,26,28)(H,27,29)/b25-15+. The van der Waals surface area contributed by atoms with E-state index < -0.39 is 11.9 Å². The molecule has 0 saturated carbocycles. The van der Waals surface area contributed by atoms with Crippen LogP contribution in [0.2, 0.25) is 0 Å². The molecule has 7 heteroatoms. The van der Waals surface area contributed by atoms with Crippen LogP contribution in [0.4, 0.5) is 0 Å². The van der Waals surface area contributed by atoms with Crippen LogP contribution in [0.15, 0.2) is 47.6 Å². The van der Waals surface area contributed by atoms with Crippen molar-refractivity contribution in [2.75, 3.05) is 13.7 Å². The number of aryl methyl sites for hydroxylation is 1. The van der Waals surface area contributed by atoms with Gasteiger partial charge in [0, 0.05) is 5.56 Å². The second-order valence-corrected chi connectivity index (χ2v) is 7.20. The second kappa shape index (κ2) is 11.4. The fraction of sp³-hybridized carbons (Fsp3) is 0.292. The van der Waals surface area contributed by atoms with Gasteiger partial charge >= 0.3 is 0 Å². The molecular weight excluding hydrogens is 394 g/mol. The van der Waals surface area contributed by atoms with E-state index in [0.29, 0.717) is 22.6 Å². The summed E-state index contributed by atoms with van der Waals surface area (Å²) in [5.74, 6) is 2.55. The summed E-state index contributed by atoms with van der Waals surface area (Å²) >= 11 is 0. The number of hydrogen-bond donors (Lipinski definition) is 2. The summed E-state index contributed by atoms with van der Waals surface area (Å²) in [5, 5.41) is 6.77. The molecular formula is C24H27N3O4. The summed E-state index contributed by atoms with van der Waals surface area (Å²) in [5.41, 5.74) is 4.72. The lowest BCUT2D eigenvalue weighted by molar-refractivity contribution is -0.123. The van der Waals surface area contributed by atoms with E-state index in [1.54, 1.807) is 30.3 Å². The first-order valence-corrected chi connectivity index (χ1v) is 9.80. The summed E-state index contributed by atoms with van der Waals surface area (Å²) in [6, 6.07) is 11.6. The fourth-order valence-corrected chi connectivity index (χ4v) is 2.71. The number of ether oxygens (including phenoxy) is 2. The van der Waals surface area contributed by atoms with E-state index in [4.69, 9.17) is 15.9 Å². The number of methoxy groups -OCH3 is 1. The lowest BCUT2D eigenvalue weighted by atomic mass is 10.0. The SMILES string of the molecule is C#CCOc1ccc(/C=N/NC(=O)C(NC(=O)c2ccc(C)cc2)C(C)C)cc1OC. The molecule has 0 radical (unpaired) electrons. The third-order valence-electron chi connectivity index (χ3n) is 4.44. The van der Waals surface area contributed by atoms with E-state index in [-0.39, 0.29) is 18.4 Å². The second-order valence-electron chi connectivity index (χ2n) is 7.20. The molecule has 2 aromatic carbocycles. The van der Waals surface area contributed by atoms with Crippen LogP contribution in [-0.4, -0.2) is 37.8 Å². The lowest BCUT2D eigenvalue weighted by Gasteiger charge is -2.20. The van der Waals surface area contributed by atoms with Crippen LogP contribution >= 0.6 is 0 Å². The van der Waals surface area contributed by atoms with Crippen molar-refractivity contribution in [2.24, 2.45) is 11.0 Å².